The molecule has 1 aromatic heterocycles. The third-order valence-electron chi connectivity index (χ3n) is 6.06. The SMILES string of the molecule is COC(=O)c1sc(N2C(=O)C(=O)C(=C(O)c3ccc4c(c3)OCCO4)C2c2ccccc2OC)nc1C. The molecule has 1 saturated heterocycles. The van der Waals surface area contributed by atoms with Gasteiger partial charge in [-0.2, -0.15) is 0 Å². The van der Waals surface area contributed by atoms with Gasteiger partial charge in [-0.3, -0.25) is 14.5 Å². The Kier molecular flexibility index (Phi) is 6.30. The summed E-state index contributed by atoms with van der Waals surface area (Å²) in [4.78, 5) is 44.8. The van der Waals surface area contributed by atoms with Crippen molar-refractivity contribution >= 4 is 39.9 Å². The number of methoxy groups -OCH3 is 2. The molecule has 3 aromatic rings. The second kappa shape index (κ2) is 9.58. The van der Waals surface area contributed by atoms with Gasteiger partial charge in [0, 0.05) is 11.1 Å². The van der Waals surface area contributed by atoms with Gasteiger partial charge in [0.05, 0.1) is 25.5 Å². The maximum Gasteiger partial charge on any atom is 0.350 e. The molecule has 2 aliphatic heterocycles. The normalized spacial score (nSPS) is 18.1. The number of aryl methyl sites for hydroxylation is 1. The molecule has 1 fully saturated rings. The number of hydrogen-bond acceptors (Lipinski definition) is 10. The third kappa shape index (κ3) is 4.06. The van der Waals surface area contributed by atoms with E-state index in [4.69, 9.17) is 18.9 Å². The van der Waals surface area contributed by atoms with Crippen LogP contribution in [0.4, 0.5) is 5.13 Å². The van der Waals surface area contributed by atoms with Gasteiger partial charge < -0.3 is 24.1 Å². The molecule has 190 valence electrons. The molecule has 0 spiro atoms. The highest BCUT2D eigenvalue weighted by atomic mass is 32.1. The van der Waals surface area contributed by atoms with Gasteiger partial charge in [0.15, 0.2) is 16.6 Å². The van der Waals surface area contributed by atoms with Gasteiger partial charge in [-0.15, -0.1) is 0 Å². The summed E-state index contributed by atoms with van der Waals surface area (Å²) in [5.74, 6) is -1.49. The van der Waals surface area contributed by atoms with E-state index in [0.717, 1.165) is 11.3 Å². The van der Waals surface area contributed by atoms with Crippen LogP contribution in [-0.2, 0) is 14.3 Å². The quantitative estimate of drug-likeness (QED) is 0.231. The van der Waals surface area contributed by atoms with Crippen LogP contribution in [0, 0.1) is 6.92 Å². The molecular formula is C26H22N2O8S. The van der Waals surface area contributed by atoms with E-state index in [1.165, 1.54) is 19.1 Å². The van der Waals surface area contributed by atoms with Crippen molar-refractivity contribution in [3.05, 3.63) is 69.7 Å². The zero-order chi connectivity index (χ0) is 26.3. The van der Waals surface area contributed by atoms with Crippen molar-refractivity contribution in [3.8, 4) is 17.2 Å². The van der Waals surface area contributed by atoms with Crippen molar-refractivity contribution in [3.63, 3.8) is 0 Å². The summed E-state index contributed by atoms with van der Waals surface area (Å²) in [5, 5.41) is 11.5. The Morgan fingerprint density at radius 2 is 1.84 bits per heavy atom. The van der Waals surface area contributed by atoms with Crippen molar-refractivity contribution in [2.24, 2.45) is 0 Å². The van der Waals surface area contributed by atoms with E-state index in [1.54, 1.807) is 49.4 Å². The first kappa shape index (κ1) is 24.3. The maximum atomic E-state index is 13.4. The summed E-state index contributed by atoms with van der Waals surface area (Å²) >= 11 is 0.921. The summed E-state index contributed by atoms with van der Waals surface area (Å²) in [6.45, 7) is 2.35. The summed E-state index contributed by atoms with van der Waals surface area (Å²) in [7, 11) is 2.71. The molecule has 0 radical (unpaired) electrons. The topological polar surface area (TPSA) is 124 Å². The second-order valence-electron chi connectivity index (χ2n) is 8.17. The minimum absolute atomic E-state index is 0.108. The van der Waals surface area contributed by atoms with Crippen LogP contribution < -0.4 is 19.1 Å². The zero-order valence-electron chi connectivity index (χ0n) is 20.1. The molecule has 2 aromatic carbocycles. The molecule has 10 nitrogen and oxygen atoms in total. The molecule has 37 heavy (non-hydrogen) atoms. The predicted octanol–water partition coefficient (Wildman–Crippen LogP) is 3.64. The van der Waals surface area contributed by atoms with Gasteiger partial charge in [-0.05, 0) is 31.2 Å². The zero-order valence-corrected chi connectivity index (χ0v) is 21.0. The number of fused-ring (bicyclic) bond motifs is 1. The smallest absolute Gasteiger partial charge is 0.350 e. The number of aromatic nitrogens is 1. The fourth-order valence-corrected chi connectivity index (χ4v) is 5.34. The molecule has 0 saturated carbocycles. The highest BCUT2D eigenvalue weighted by molar-refractivity contribution is 7.17. The van der Waals surface area contributed by atoms with Crippen LogP contribution in [0.1, 0.15) is 32.5 Å². The number of Topliss-reactive ketones (excluding diaryl/α,β-unsaturated/α-hetero) is 1. The molecule has 0 bridgehead atoms. The molecule has 3 heterocycles. The fourth-order valence-electron chi connectivity index (χ4n) is 4.33. The molecule has 1 unspecified atom stereocenters. The number of thiazole rings is 1. The highest BCUT2D eigenvalue weighted by Crippen LogP contribution is 2.46. The number of nitrogens with zero attached hydrogens (tertiary/aromatic N) is 2. The number of aliphatic hydroxyl groups is 1. The molecule has 0 aliphatic carbocycles. The van der Waals surface area contributed by atoms with Gasteiger partial charge in [0.2, 0.25) is 0 Å². The van der Waals surface area contributed by atoms with Crippen molar-refractivity contribution < 1.29 is 38.4 Å². The van der Waals surface area contributed by atoms with Gasteiger partial charge in [0.25, 0.3) is 5.78 Å². The molecule has 1 N–H and O–H groups in total. The minimum Gasteiger partial charge on any atom is -0.507 e. The lowest BCUT2D eigenvalue weighted by Crippen LogP contribution is -2.29. The Morgan fingerprint density at radius 3 is 2.57 bits per heavy atom. The number of carbonyl (C=O) groups is 3. The monoisotopic (exact) mass is 522 g/mol. The van der Waals surface area contributed by atoms with E-state index in [1.807, 2.05) is 0 Å². The number of esters is 1. The number of carbonyl (C=O) groups excluding carboxylic acids is 3. The first-order valence-corrected chi connectivity index (χ1v) is 12.1. The first-order chi connectivity index (χ1) is 17.8. The number of amides is 1. The largest absolute Gasteiger partial charge is 0.507 e. The number of hydrogen-bond donors (Lipinski definition) is 1. The number of ketones is 1. The lowest BCUT2D eigenvalue weighted by molar-refractivity contribution is -0.132. The lowest BCUT2D eigenvalue weighted by atomic mass is 9.94. The van der Waals surface area contributed by atoms with Crippen LogP contribution in [0.15, 0.2) is 48.0 Å². The molecule has 5 rings (SSSR count). The summed E-state index contributed by atoms with van der Waals surface area (Å²) in [6, 6.07) is 10.5. The molecule has 11 heteroatoms. The first-order valence-electron chi connectivity index (χ1n) is 11.2. The average molecular weight is 523 g/mol. The number of anilines is 1. The third-order valence-corrected chi connectivity index (χ3v) is 7.19. The van der Waals surface area contributed by atoms with E-state index in [-0.39, 0.29) is 21.1 Å². The Hall–Kier alpha value is -4.38. The second-order valence-corrected chi connectivity index (χ2v) is 9.15. The van der Waals surface area contributed by atoms with Gasteiger partial charge in [-0.1, -0.05) is 29.5 Å². The summed E-state index contributed by atoms with van der Waals surface area (Å²) in [6.07, 6.45) is 0. The van der Waals surface area contributed by atoms with E-state index in [0.29, 0.717) is 41.7 Å². The Bertz CT molecular complexity index is 1460. The van der Waals surface area contributed by atoms with Crippen LogP contribution in [0.3, 0.4) is 0 Å². The fraction of sp³-hybridized carbons (Fsp3) is 0.231. The van der Waals surface area contributed by atoms with E-state index in [2.05, 4.69) is 4.98 Å². The number of ether oxygens (including phenoxy) is 4. The molecule has 2 aliphatic rings. The number of rotatable bonds is 5. The Balaban J connectivity index is 1.72. The lowest BCUT2D eigenvalue weighted by Gasteiger charge is -2.24. The molecule has 1 amide bonds. The Morgan fingerprint density at radius 1 is 1.11 bits per heavy atom. The number of aliphatic hydroxyl groups excluding tert-OH is 1. The Labute approximate surface area is 215 Å². The van der Waals surface area contributed by atoms with Gasteiger partial charge in [0.1, 0.15) is 35.6 Å². The van der Waals surface area contributed by atoms with E-state index >= 15 is 0 Å². The number of para-hydroxylation sites is 1. The van der Waals surface area contributed by atoms with E-state index < -0.39 is 29.5 Å². The molecule has 1 atom stereocenters. The van der Waals surface area contributed by atoms with Crippen LogP contribution in [0.2, 0.25) is 0 Å². The van der Waals surface area contributed by atoms with Crippen molar-refractivity contribution in [1.82, 2.24) is 4.98 Å². The molecular weight excluding hydrogens is 500 g/mol. The van der Waals surface area contributed by atoms with Crippen LogP contribution in [0.25, 0.3) is 5.76 Å². The van der Waals surface area contributed by atoms with E-state index in [9.17, 15) is 19.5 Å². The van der Waals surface area contributed by atoms with Crippen molar-refractivity contribution in [1.29, 1.82) is 0 Å². The van der Waals surface area contributed by atoms with Crippen LogP contribution >= 0.6 is 11.3 Å². The highest BCUT2D eigenvalue weighted by Gasteiger charge is 2.49. The summed E-state index contributed by atoms with van der Waals surface area (Å²) in [5.41, 5.74) is 0.918. The van der Waals surface area contributed by atoms with Crippen LogP contribution in [-0.4, -0.2) is 55.2 Å². The van der Waals surface area contributed by atoms with Gasteiger partial charge in [-0.25, -0.2) is 9.78 Å². The number of benzene rings is 2. The summed E-state index contributed by atoms with van der Waals surface area (Å²) < 4.78 is 21.5. The standard InChI is InChI=1S/C26H22N2O8S/c1-13-23(25(32)34-3)37-26(27-13)28-20(15-6-4-5-7-16(15)33-2)19(22(30)24(28)31)21(29)14-8-9-17-18(12-14)36-11-10-35-17/h4-9,12,20,29H,10-11H2,1-3H3. The maximum absolute atomic E-state index is 13.4. The minimum atomic E-state index is -1.08. The van der Waals surface area contributed by atoms with Crippen molar-refractivity contribution in [2.45, 2.75) is 13.0 Å². The average Bonchev–Trinajstić information content (AvgIpc) is 3.43. The van der Waals surface area contributed by atoms with Crippen LogP contribution in [0.5, 0.6) is 17.2 Å². The predicted molar refractivity (Wildman–Crippen MR) is 133 cm³/mol. The van der Waals surface area contributed by atoms with Crippen molar-refractivity contribution in [2.75, 3.05) is 32.3 Å². The van der Waals surface area contributed by atoms with Gasteiger partial charge >= 0.3 is 11.9 Å².